The first-order valence-corrected chi connectivity index (χ1v) is 6.35. The molecule has 1 aliphatic heterocycles. The Kier molecular flexibility index (Phi) is 8.94. The average molecular weight is 354 g/mol. The number of aliphatic imine (C=N–C) groups is 1. The summed E-state index contributed by atoms with van der Waals surface area (Å²) in [6, 6.07) is 0. The molecule has 0 aliphatic carbocycles. The van der Waals surface area contributed by atoms with E-state index in [-0.39, 0.29) is 29.9 Å². The molecule has 0 aromatic heterocycles. The standard InChI is InChI=1S/C12H26N4.HI/c1-10-7-11(2)9-16(8-10)6-4-3-5-15-12(13)14;/h10-11H,3-9H2,1-2H3,(H4,13,14,15);1H. The number of nitrogens with two attached hydrogens (primary N) is 2. The summed E-state index contributed by atoms with van der Waals surface area (Å²) in [7, 11) is 0. The quantitative estimate of drug-likeness (QED) is 0.341. The zero-order valence-corrected chi connectivity index (χ0v) is 13.4. The fourth-order valence-corrected chi connectivity index (χ4v) is 2.63. The Labute approximate surface area is 122 Å². The second-order valence-corrected chi connectivity index (χ2v) is 5.22. The average Bonchev–Trinajstić information content (AvgIpc) is 2.15. The van der Waals surface area contributed by atoms with Gasteiger partial charge in [0.25, 0.3) is 0 Å². The van der Waals surface area contributed by atoms with Gasteiger partial charge >= 0.3 is 0 Å². The van der Waals surface area contributed by atoms with Crippen molar-refractivity contribution in [1.29, 1.82) is 0 Å². The molecule has 0 radical (unpaired) electrons. The van der Waals surface area contributed by atoms with Gasteiger partial charge in [-0.1, -0.05) is 13.8 Å². The van der Waals surface area contributed by atoms with Crippen molar-refractivity contribution in [3.8, 4) is 0 Å². The van der Waals surface area contributed by atoms with Crippen LogP contribution in [0.15, 0.2) is 4.99 Å². The molecule has 0 saturated carbocycles. The Balaban J connectivity index is 0.00000256. The number of hydrogen-bond acceptors (Lipinski definition) is 2. The van der Waals surface area contributed by atoms with E-state index in [1.807, 2.05) is 0 Å². The molecular formula is C12H27IN4. The highest BCUT2D eigenvalue weighted by Crippen LogP contribution is 2.20. The molecule has 2 atom stereocenters. The molecule has 2 unspecified atom stereocenters. The van der Waals surface area contributed by atoms with E-state index < -0.39 is 0 Å². The summed E-state index contributed by atoms with van der Waals surface area (Å²) in [4.78, 5) is 6.57. The number of halogens is 1. The predicted octanol–water partition coefficient (Wildman–Crippen LogP) is 1.64. The summed E-state index contributed by atoms with van der Waals surface area (Å²) >= 11 is 0. The maximum atomic E-state index is 5.27. The Bertz CT molecular complexity index is 219. The number of nitrogens with zero attached hydrogens (tertiary/aromatic N) is 2. The van der Waals surface area contributed by atoms with Gasteiger partial charge in [-0.05, 0) is 37.6 Å². The van der Waals surface area contributed by atoms with Gasteiger partial charge in [-0.25, -0.2) is 0 Å². The van der Waals surface area contributed by atoms with Crippen LogP contribution in [0.25, 0.3) is 0 Å². The number of piperidine rings is 1. The second kappa shape index (κ2) is 8.97. The third-order valence-corrected chi connectivity index (χ3v) is 3.12. The van der Waals surface area contributed by atoms with E-state index in [0.717, 1.165) is 24.8 Å². The molecule has 102 valence electrons. The van der Waals surface area contributed by atoms with Gasteiger partial charge in [-0.15, -0.1) is 24.0 Å². The molecule has 0 aromatic rings. The minimum atomic E-state index is 0. The van der Waals surface area contributed by atoms with Gasteiger partial charge in [0.2, 0.25) is 0 Å². The molecule has 0 spiro atoms. The van der Waals surface area contributed by atoms with Crippen LogP contribution in [0.4, 0.5) is 0 Å². The first-order chi connectivity index (χ1) is 7.58. The Morgan fingerprint density at radius 2 is 1.76 bits per heavy atom. The topological polar surface area (TPSA) is 67.6 Å². The van der Waals surface area contributed by atoms with E-state index in [4.69, 9.17) is 11.5 Å². The highest BCUT2D eigenvalue weighted by atomic mass is 127. The van der Waals surface area contributed by atoms with Crippen molar-refractivity contribution in [3.63, 3.8) is 0 Å². The summed E-state index contributed by atoms with van der Waals surface area (Å²) in [6.07, 6.45) is 3.65. The van der Waals surface area contributed by atoms with Gasteiger partial charge in [-0.2, -0.15) is 0 Å². The van der Waals surface area contributed by atoms with Crippen LogP contribution < -0.4 is 11.5 Å². The molecule has 1 rings (SSSR count). The highest BCUT2D eigenvalue weighted by molar-refractivity contribution is 14.0. The minimum Gasteiger partial charge on any atom is -0.370 e. The van der Waals surface area contributed by atoms with Crippen molar-refractivity contribution >= 4 is 29.9 Å². The SMILES string of the molecule is CC1CC(C)CN(CCCCN=C(N)N)C1.I. The summed E-state index contributed by atoms with van der Waals surface area (Å²) < 4.78 is 0. The summed E-state index contributed by atoms with van der Waals surface area (Å²) in [5, 5.41) is 0. The number of rotatable bonds is 5. The van der Waals surface area contributed by atoms with Crippen molar-refractivity contribution in [2.45, 2.75) is 33.1 Å². The van der Waals surface area contributed by atoms with E-state index in [0.29, 0.717) is 0 Å². The van der Waals surface area contributed by atoms with Crippen LogP contribution in [0.3, 0.4) is 0 Å². The van der Waals surface area contributed by atoms with Crippen LogP contribution >= 0.6 is 24.0 Å². The second-order valence-electron chi connectivity index (χ2n) is 5.22. The molecule has 4 nitrogen and oxygen atoms in total. The maximum absolute atomic E-state index is 5.27. The summed E-state index contributed by atoms with van der Waals surface area (Å²) in [5.74, 6) is 1.91. The molecular weight excluding hydrogens is 327 g/mol. The summed E-state index contributed by atoms with van der Waals surface area (Å²) in [6.45, 7) is 9.17. The molecule has 17 heavy (non-hydrogen) atoms. The predicted molar refractivity (Wildman–Crippen MR) is 84.7 cm³/mol. The van der Waals surface area contributed by atoms with Gasteiger partial charge in [0.1, 0.15) is 0 Å². The highest BCUT2D eigenvalue weighted by Gasteiger charge is 2.20. The molecule has 0 bridgehead atoms. The number of likely N-dealkylation sites (tertiary alicyclic amines) is 1. The fourth-order valence-electron chi connectivity index (χ4n) is 2.63. The van der Waals surface area contributed by atoms with Gasteiger partial charge in [0, 0.05) is 19.6 Å². The molecule has 0 aromatic carbocycles. The first-order valence-electron chi connectivity index (χ1n) is 6.35. The van der Waals surface area contributed by atoms with E-state index in [9.17, 15) is 0 Å². The monoisotopic (exact) mass is 354 g/mol. The Morgan fingerprint density at radius 1 is 1.18 bits per heavy atom. The normalized spacial score (nSPS) is 25.1. The van der Waals surface area contributed by atoms with Crippen LogP contribution in [0, 0.1) is 11.8 Å². The molecule has 1 heterocycles. The van der Waals surface area contributed by atoms with Crippen LogP contribution in [0.2, 0.25) is 0 Å². The zero-order valence-electron chi connectivity index (χ0n) is 11.1. The Morgan fingerprint density at radius 3 is 2.29 bits per heavy atom. The van der Waals surface area contributed by atoms with E-state index in [2.05, 4.69) is 23.7 Å². The van der Waals surface area contributed by atoms with Crippen LogP contribution in [0.5, 0.6) is 0 Å². The van der Waals surface area contributed by atoms with E-state index in [1.165, 1.54) is 32.5 Å². The first kappa shape index (κ1) is 17.0. The maximum Gasteiger partial charge on any atom is 0.185 e. The Hall–Kier alpha value is -0.0400. The van der Waals surface area contributed by atoms with Crippen molar-refractivity contribution < 1.29 is 0 Å². The smallest absolute Gasteiger partial charge is 0.185 e. The third-order valence-electron chi connectivity index (χ3n) is 3.12. The lowest BCUT2D eigenvalue weighted by Gasteiger charge is -2.34. The van der Waals surface area contributed by atoms with Crippen molar-refractivity contribution in [2.24, 2.45) is 28.3 Å². The van der Waals surface area contributed by atoms with Gasteiger partial charge in [-0.3, -0.25) is 4.99 Å². The molecule has 1 saturated heterocycles. The largest absolute Gasteiger partial charge is 0.370 e. The summed E-state index contributed by atoms with van der Waals surface area (Å²) in [5.41, 5.74) is 10.5. The third kappa shape index (κ3) is 7.81. The minimum absolute atomic E-state index is 0. The molecule has 1 fully saturated rings. The van der Waals surface area contributed by atoms with E-state index in [1.54, 1.807) is 0 Å². The van der Waals surface area contributed by atoms with Crippen LogP contribution in [-0.4, -0.2) is 37.0 Å². The molecule has 5 heteroatoms. The lowest BCUT2D eigenvalue weighted by molar-refractivity contribution is 0.139. The molecule has 4 N–H and O–H groups in total. The lowest BCUT2D eigenvalue weighted by Crippen LogP contribution is -2.39. The fraction of sp³-hybridized carbons (Fsp3) is 0.917. The van der Waals surface area contributed by atoms with Gasteiger partial charge in [0.05, 0.1) is 0 Å². The molecule has 0 amide bonds. The zero-order chi connectivity index (χ0) is 12.0. The van der Waals surface area contributed by atoms with Crippen LogP contribution in [-0.2, 0) is 0 Å². The van der Waals surface area contributed by atoms with Crippen molar-refractivity contribution in [1.82, 2.24) is 4.90 Å². The van der Waals surface area contributed by atoms with Gasteiger partial charge in [0.15, 0.2) is 5.96 Å². The number of hydrogen-bond donors (Lipinski definition) is 2. The molecule has 1 aliphatic rings. The van der Waals surface area contributed by atoms with E-state index >= 15 is 0 Å². The number of unbranched alkanes of at least 4 members (excludes halogenated alkanes) is 1. The van der Waals surface area contributed by atoms with Crippen LogP contribution in [0.1, 0.15) is 33.1 Å². The van der Waals surface area contributed by atoms with Gasteiger partial charge < -0.3 is 16.4 Å². The van der Waals surface area contributed by atoms with Crippen molar-refractivity contribution in [3.05, 3.63) is 0 Å². The van der Waals surface area contributed by atoms with Crippen molar-refractivity contribution in [2.75, 3.05) is 26.2 Å². The lowest BCUT2D eigenvalue weighted by atomic mass is 9.92. The number of guanidine groups is 1.